The number of carbonyl (C=O) groups excluding carboxylic acids is 4. The van der Waals surface area contributed by atoms with Crippen LogP contribution in [-0.4, -0.2) is 149 Å². The summed E-state index contributed by atoms with van der Waals surface area (Å²) in [6.07, 6.45) is 2.11. The maximum absolute atomic E-state index is 14.6. The molecule has 3 aromatic heterocycles. The molecule has 6 heterocycles. The number of carbonyl (C=O) groups is 4. The third-order valence-corrected chi connectivity index (χ3v) is 15.9. The molecule has 0 saturated carbocycles. The van der Waals surface area contributed by atoms with Gasteiger partial charge in [0.05, 0.1) is 34.8 Å². The number of aromatic nitrogens is 3. The molecule has 2 fully saturated rings. The summed E-state index contributed by atoms with van der Waals surface area (Å²) in [5.41, 5.74) is 6.06. The van der Waals surface area contributed by atoms with E-state index in [1.54, 1.807) is 27.2 Å². The number of amides is 4. The SMILES string of the molecule is CCn1c(-c2cccnc2[C@H](C)OC)c2c3cc(ccc31)-c1csc(n1)C[C@H](NC(=O)[C@H](C(C)C)N(C)C(=O)N1CC(S(=O)(=O)N(C)C)C1)C(=O)N1CCC[C@@](O)(N1)C(=O)OCC(C)(C)C2. The zero-order valence-electron chi connectivity index (χ0n) is 39.5. The lowest BCUT2D eigenvalue weighted by Gasteiger charge is -2.43. The highest BCUT2D eigenvalue weighted by Crippen LogP contribution is 2.42. The Balaban J connectivity index is 1.27. The topological polar surface area (TPSA) is 209 Å². The zero-order chi connectivity index (χ0) is 48.0. The fourth-order valence-corrected chi connectivity index (χ4v) is 11.4. The predicted octanol–water partition coefficient (Wildman–Crippen LogP) is 4.17. The van der Waals surface area contributed by atoms with Crippen molar-refractivity contribution in [3.05, 3.63) is 58.2 Å². The Kier molecular flexibility index (Phi) is 14.0. The first-order valence-corrected chi connectivity index (χ1v) is 24.8. The Morgan fingerprint density at radius 3 is 2.53 bits per heavy atom. The third kappa shape index (κ3) is 9.44. The van der Waals surface area contributed by atoms with Gasteiger partial charge in [0.1, 0.15) is 17.3 Å². The summed E-state index contributed by atoms with van der Waals surface area (Å²) in [7, 11) is 2.44. The van der Waals surface area contributed by atoms with Crippen molar-refractivity contribution in [1.82, 2.24) is 44.4 Å². The number of urea groups is 1. The molecule has 0 spiro atoms. The molecule has 358 valence electrons. The number of ether oxygens (including phenoxy) is 2. The summed E-state index contributed by atoms with van der Waals surface area (Å²) in [5, 5.41) is 18.6. The first kappa shape index (κ1) is 48.9. The van der Waals surface area contributed by atoms with Gasteiger partial charge in [-0.1, -0.05) is 33.8 Å². The summed E-state index contributed by atoms with van der Waals surface area (Å²) in [6, 6.07) is 7.35. The van der Waals surface area contributed by atoms with Crippen molar-refractivity contribution >= 4 is 56.1 Å². The van der Waals surface area contributed by atoms with Gasteiger partial charge in [0.25, 0.3) is 5.91 Å². The maximum atomic E-state index is 14.6. The van der Waals surface area contributed by atoms with Gasteiger partial charge in [0.15, 0.2) is 0 Å². The van der Waals surface area contributed by atoms with Crippen molar-refractivity contribution in [3.63, 3.8) is 0 Å². The molecule has 7 rings (SSSR count). The van der Waals surface area contributed by atoms with E-state index >= 15 is 0 Å². The number of likely N-dealkylation sites (N-methyl/N-ethyl adjacent to an activating group) is 1. The highest BCUT2D eigenvalue weighted by Gasteiger charge is 2.47. The molecule has 3 N–H and O–H groups in total. The number of fused-ring (bicyclic) bond motifs is 6. The van der Waals surface area contributed by atoms with Crippen LogP contribution >= 0.6 is 11.3 Å². The summed E-state index contributed by atoms with van der Waals surface area (Å²) in [6.45, 7) is 12.3. The minimum absolute atomic E-state index is 0.0218. The van der Waals surface area contributed by atoms with Crippen LogP contribution in [0.4, 0.5) is 4.79 Å². The number of rotatable bonds is 10. The summed E-state index contributed by atoms with van der Waals surface area (Å²) >= 11 is 1.33. The van der Waals surface area contributed by atoms with Gasteiger partial charge in [-0.2, -0.15) is 5.43 Å². The third-order valence-electron chi connectivity index (χ3n) is 12.9. The van der Waals surface area contributed by atoms with Crippen molar-refractivity contribution in [2.24, 2.45) is 11.3 Å². The largest absolute Gasteiger partial charge is 0.462 e. The number of likely N-dealkylation sites (tertiary alicyclic amines) is 1. The molecule has 2 saturated heterocycles. The van der Waals surface area contributed by atoms with Crippen LogP contribution in [0.2, 0.25) is 0 Å². The quantitative estimate of drug-likeness (QED) is 0.192. The molecular formula is C46H63N9O9S2. The molecule has 18 nitrogen and oxygen atoms in total. The van der Waals surface area contributed by atoms with Gasteiger partial charge in [-0.3, -0.25) is 19.6 Å². The van der Waals surface area contributed by atoms with Gasteiger partial charge in [-0.25, -0.2) is 27.3 Å². The number of nitrogens with one attached hydrogen (secondary N) is 2. The van der Waals surface area contributed by atoms with Crippen LogP contribution in [0, 0.1) is 11.3 Å². The van der Waals surface area contributed by atoms with E-state index in [4.69, 9.17) is 19.4 Å². The fourth-order valence-electron chi connectivity index (χ4n) is 9.21. The van der Waals surface area contributed by atoms with Crippen LogP contribution in [0.15, 0.2) is 41.9 Å². The van der Waals surface area contributed by atoms with Crippen molar-refractivity contribution in [3.8, 4) is 22.5 Å². The van der Waals surface area contributed by atoms with E-state index in [9.17, 15) is 32.7 Å². The lowest BCUT2D eigenvalue weighted by Crippen LogP contribution is -2.67. The maximum Gasteiger partial charge on any atom is 0.355 e. The van der Waals surface area contributed by atoms with Crippen LogP contribution in [0.5, 0.6) is 0 Å². The molecule has 3 aliphatic rings. The number of pyridine rings is 1. The van der Waals surface area contributed by atoms with E-state index in [0.717, 1.165) is 48.3 Å². The Hall–Kier alpha value is -4.99. The number of hydrogen-bond donors (Lipinski definition) is 3. The second-order valence-electron chi connectivity index (χ2n) is 18.9. The van der Waals surface area contributed by atoms with Crippen LogP contribution in [-0.2, 0) is 53.3 Å². The van der Waals surface area contributed by atoms with Gasteiger partial charge in [-0.15, -0.1) is 11.3 Å². The number of sulfonamides is 1. The van der Waals surface area contributed by atoms with Crippen molar-refractivity contribution < 1.29 is 42.2 Å². The van der Waals surface area contributed by atoms with Crippen LogP contribution in [0.25, 0.3) is 33.4 Å². The van der Waals surface area contributed by atoms with E-state index in [1.165, 1.54) is 42.3 Å². The number of benzene rings is 1. The second kappa shape index (κ2) is 19.0. The molecule has 4 atom stereocenters. The van der Waals surface area contributed by atoms with Gasteiger partial charge < -0.3 is 34.3 Å². The molecule has 3 aliphatic heterocycles. The molecule has 1 aromatic carbocycles. The van der Waals surface area contributed by atoms with Crippen molar-refractivity contribution in [2.75, 3.05) is 54.5 Å². The number of aliphatic hydroxyl groups is 1. The molecule has 0 unspecified atom stereocenters. The number of hydrazine groups is 1. The lowest BCUT2D eigenvalue weighted by atomic mass is 9.84. The molecule has 20 heteroatoms. The van der Waals surface area contributed by atoms with Crippen LogP contribution in [0.3, 0.4) is 0 Å². The average molecular weight is 950 g/mol. The highest BCUT2D eigenvalue weighted by molar-refractivity contribution is 7.89. The standard InChI is InChI=1S/C46H63N9O9S2/c1-11-54-36-16-15-29-20-32(36)33(40(54)31-14-12-18-47-38(31)28(4)63-10)22-45(5,6)26-64-43(58)46(60)17-13-19-55(50-46)42(57)34(21-37-48-35(29)25-65-37)49-41(56)39(27(2)3)52(9)44(59)53-23-30(24-53)66(61,62)51(7)8/h12,14-16,18,20,25,27-28,30,34,39,50,60H,11,13,17,19,21-24,26H2,1-10H3,(H,49,56)/t28-,34-,39-,46-/m0/s1. The first-order valence-electron chi connectivity index (χ1n) is 22.4. The molecule has 0 radical (unpaired) electrons. The molecular weight excluding hydrogens is 887 g/mol. The average Bonchev–Trinajstić information content (AvgIpc) is 3.85. The highest BCUT2D eigenvalue weighted by atomic mass is 32.2. The monoisotopic (exact) mass is 949 g/mol. The van der Waals surface area contributed by atoms with E-state index in [0.29, 0.717) is 23.7 Å². The number of thiazole rings is 1. The van der Waals surface area contributed by atoms with Gasteiger partial charge in [0.2, 0.25) is 21.7 Å². The van der Waals surface area contributed by atoms with E-state index in [1.807, 2.05) is 38.3 Å². The van der Waals surface area contributed by atoms with Gasteiger partial charge >= 0.3 is 12.0 Å². The number of nitrogens with zero attached hydrogens (tertiary/aromatic N) is 7. The smallest absolute Gasteiger partial charge is 0.355 e. The zero-order valence-corrected chi connectivity index (χ0v) is 41.1. The number of hydrogen-bond acceptors (Lipinski definition) is 13. The minimum atomic E-state index is -3.58. The van der Waals surface area contributed by atoms with Gasteiger partial charge in [0, 0.05) is 106 Å². The number of aryl methyl sites for hydroxylation is 1. The number of cyclic esters (lactones) is 1. The van der Waals surface area contributed by atoms with Crippen molar-refractivity contribution in [2.45, 2.75) is 103 Å². The van der Waals surface area contributed by atoms with E-state index < -0.39 is 68.2 Å². The van der Waals surface area contributed by atoms with E-state index in [2.05, 4.69) is 40.4 Å². The lowest BCUT2D eigenvalue weighted by molar-refractivity contribution is -0.189. The van der Waals surface area contributed by atoms with Gasteiger partial charge in [-0.05, 0) is 62.4 Å². The predicted molar refractivity (Wildman–Crippen MR) is 250 cm³/mol. The number of methoxy groups -OCH3 is 1. The Labute approximate surface area is 390 Å². The van der Waals surface area contributed by atoms with Crippen molar-refractivity contribution in [1.29, 1.82) is 0 Å². The fraction of sp³-hybridized carbons (Fsp3) is 0.565. The molecule has 4 amide bonds. The minimum Gasteiger partial charge on any atom is -0.462 e. The molecule has 4 aromatic rings. The Morgan fingerprint density at radius 1 is 1.14 bits per heavy atom. The normalized spacial score (nSPS) is 21.6. The molecule has 66 heavy (non-hydrogen) atoms. The molecule has 0 aliphatic carbocycles. The first-order chi connectivity index (χ1) is 31.1. The van der Waals surface area contributed by atoms with E-state index in [-0.39, 0.29) is 51.6 Å². The molecule has 6 bridgehead atoms. The Bertz CT molecular complexity index is 2610. The van der Waals surface area contributed by atoms with Crippen LogP contribution < -0.4 is 10.7 Å². The Morgan fingerprint density at radius 2 is 1.86 bits per heavy atom. The summed E-state index contributed by atoms with van der Waals surface area (Å²) in [5.74, 6) is -2.60. The second-order valence-corrected chi connectivity index (χ2v) is 22.3. The number of esters is 1. The summed E-state index contributed by atoms with van der Waals surface area (Å²) in [4.78, 5) is 69.1. The summed E-state index contributed by atoms with van der Waals surface area (Å²) < 4.78 is 40.5. The van der Waals surface area contributed by atoms with Crippen LogP contribution in [0.1, 0.15) is 76.8 Å².